The van der Waals surface area contributed by atoms with Crippen LogP contribution in [0.25, 0.3) is 5.69 Å². The number of rotatable bonds is 3. The van der Waals surface area contributed by atoms with E-state index in [1.165, 1.54) is 24.6 Å². The van der Waals surface area contributed by atoms with Crippen LogP contribution in [0.4, 0.5) is 5.69 Å². The van der Waals surface area contributed by atoms with Crippen LogP contribution in [0, 0.1) is 0 Å². The molecule has 1 N–H and O–H groups in total. The highest BCUT2D eigenvalue weighted by Crippen LogP contribution is 2.21. The molecule has 2 heterocycles. The molecule has 0 bridgehead atoms. The van der Waals surface area contributed by atoms with Crippen LogP contribution in [-0.2, 0) is 0 Å². The van der Waals surface area contributed by atoms with Crippen molar-refractivity contribution < 1.29 is 9.90 Å². The molecule has 0 atom stereocenters. The van der Waals surface area contributed by atoms with Crippen molar-refractivity contribution in [3.05, 3.63) is 42.2 Å². The van der Waals surface area contributed by atoms with Crippen molar-refractivity contribution in [3.63, 3.8) is 0 Å². The highest BCUT2D eigenvalue weighted by atomic mass is 16.4. The molecule has 1 aliphatic heterocycles. The van der Waals surface area contributed by atoms with Crippen LogP contribution in [0.15, 0.2) is 36.5 Å². The summed E-state index contributed by atoms with van der Waals surface area (Å²) in [6.07, 6.45) is 4.17. The minimum atomic E-state index is -1.01. The van der Waals surface area contributed by atoms with Crippen LogP contribution in [-0.4, -0.2) is 33.9 Å². The molecule has 0 aliphatic carbocycles. The number of benzene rings is 1. The summed E-state index contributed by atoms with van der Waals surface area (Å²) in [5.41, 5.74) is 2.14. The molecule has 3 rings (SSSR count). The Kier molecular flexibility index (Phi) is 2.95. The van der Waals surface area contributed by atoms with Crippen LogP contribution in [0.3, 0.4) is 0 Å². The largest absolute Gasteiger partial charge is 0.476 e. The van der Waals surface area contributed by atoms with Gasteiger partial charge < -0.3 is 10.0 Å². The number of carbonyl (C=O) groups is 1. The molecule has 1 aromatic carbocycles. The first kappa shape index (κ1) is 11.8. The van der Waals surface area contributed by atoms with Gasteiger partial charge in [0.1, 0.15) is 0 Å². The molecular formula is C14H15N3O2. The van der Waals surface area contributed by atoms with E-state index >= 15 is 0 Å². The number of hydrogen-bond donors (Lipinski definition) is 1. The fourth-order valence-electron chi connectivity index (χ4n) is 2.37. The lowest BCUT2D eigenvalue weighted by Crippen LogP contribution is -2.17. The fraction of sp³-hybridized carbons (Fsp3) is 0.286. The molecule has 0 radical (unpaired) electrons. The van der Waals surface area contributed by atoms with Crippen molar-refractivity contribution in [3.8, 4) is 5.69 Å². The van der Waals surface area contributed by atoms with E-state index in [1.54, 1.807) is 10.9 Å². The summed E-state index contributed by atoms with van der Waals surface area (Å²) in [6, 6.07) is 9.54. The molecular weight excluding hydrogens is 242 g/mol. The second kappa shape index (κ2) is 4.76. The molecule has 1 aromatic heterocycles. The first-order valence-electron chi connectivity index (χ1n) is 6.38. The maximum atomic E-state index is 10.8. The van der Waals surface area contributed by atoms with Crippen molar-refractivity contribution >= 4 is 11.7 Å². The van der Waals surface area contributed by atoms with Gasteiger partial charge in [-0.15, -0.1) is 0 Å². The second-order valence-electron chi connectivity index (χ2n) is 4.66. The average Bonchev–Trinajstić information content (AvgIpc) is 3.11. The van der Waals surface area contributed by atoms with Gasteiger partial charge in [0.15, 0.2) is 5.69 Å². The van der Waals surface area contributed by atoms with Crippen LogP contribution in [0.5, 0.6) is 0 Å². The quantitative estimate of drug-likeness (QED) is 0.915. The zero-order valence-electron chi connectivity index (χ0n) is 10.5. The topological polar surface area (TPSA) is 58.4 Å². The number of carboxylic acid groups (broad SMARTS) is 1. The number of nitrogens with zero attached hydrogens (tertiary/aromatic N) is 3. The van der Waals surface area contributed by atoms with E-state index in [2.05, 4.69) is 22.1 Å². The van der Waals surface area contributed by atoms with Crippen LogP contribution < -0.4 is 4.90 Å². The number of aromatic carboxylic acids is 1. The normalized spacial score (nSPS) is 14.8. The maximum absolute atomic E-state index is 10.8. The van der Waals surface area contributed by atoms with E-state index in [0.29, 0.717) is 0 Å². The van der Waals surface area contributed by atoms with E-state index in [1.807, 2.05) is 12.1 Å². The molecule has 1 aliphatic rings. The van der Waals surface area contributed by atoms with Gasteiger partial charge in [-0.2, -0.15) is 5.10 Å². The van der Waals surface area contributed by atoms with Crippen molar-refractivity contribution in [2.45, 2.75) is 12.8 Å². The van der Waals surface area contributed by atoms with Gasteiger partial charge in [-0.3, -0.25) is 0 Å². The zero-order chi connectivity index (χ0) is 13.2. The Morgan fingerprint density at radius 1 is 1.05 bits per heavy atom. The molecule has 0 amide bonds. The lowest BCUT2D eigenvalue weighted by atomic mass is 10.2. The Bertz CT molecular complexity index is 583. The van der Waals surface area contributed by atoms with Gasteiger partial charge in [0.2, 0.25) is 0 Å². The van der Waals surface area contributed by atoms with Gasteiger partial charge >= 0.3 is 5.97 Å². The van der Waals surface area contributed by atoms with Crippen molar-refractivity contribution in [2.75, 3.05) is 18.0 Å². The van der Waals surface area contributed by atoms with Gasteiger partial charge in [0.05, 0.1) is 5.69 Å². The lowest BCUT2D eigenvalue weighted by molar-refractivity contribution is 0.0690. The Balaban J connectivity index is 1.82. The second-order valence-corrected chi connectivity index (χ2v) is 4.66. The van der Waals surface area contributed by atoms with Crippen molar-refractivity contribution in [1.29, 1.82) is 0 Å². The van der Waals surface area contributed by atoms with Crippen LogP contribution in [0.2, 0.25) is 0 Å². The molecule has 5 nitrogen and oxygen atoms in total. The van der Waals surface area contributed by atoms with Crippen molar-refractivity contribution in [1.82, 2.24) is 9.78 Å². The van der Waals surface area contributed by atoms with Crippen LogP contribution in [0.1, 0.15) is 23.3 Å². The number of aromatic nitrogens is 2. The summed E-state index contributed by atoms with van der Waals surface area (Å²) in [4.78, 5) is 13.1. The first-order chi connectivity index (χ1) is 9.24. The van der Waals surface area contributed by atoms with Gasteiger partial charge in [0, 0.05) is 25.0 Å². The molecule has 1 fully saturated rings. The van der Waals surface area contributed by atoms with Gasteiger partial charge in [-0.25, -0.2) is 9.48 Å². The number of hydrogen-bond acceptors (Lipinski definition) is 3. The Labute approximate surface area is 111 Å². The monoisotopic (exact) mass is 257 g/mol. The first-order valence-corrected chi connectivity index (χ1v) is 6.38. The molecule has 5 heteroatoms. The molecule has 2 aromatic rings. The molecule has 1 saturated heterocycles. The summed E-state index contributed by atoms with van der Waals surface area (Å²) in [6.45, 7) is 2.23. The van der Waals surface area contributed by atoms with E-state index in [-0.39, 0.29) is 5.69 Å². The van der Waals surface area contributed by atoms with E-state index in [4.69, 9.17) is 5.11 Å². The van der Waals surface area contributed by atoms with E-state index in [0.717, 1.165) is 18.8 Å². The standard InChI is InChI=1S/C14H15N3O2/c18-14(19)13-7-10-17(15-13)12-5-3-11(4-6-12)16-8-1-2-9-16/h3-7,10H,1-2,8-9H2,(H,18,19). The Morgan fingerprint density at radius 2 is 1.68 bits per heavy atom. The summed E-state index contributed by atoms with van der Waals surface area (Å²) in [5.74, 6) is -1.01. The van der Waals surface area contributed by atoms with Gasteiger partial charge in [-0.05, 0) is 43.2 Å². The molecule has 0 unspecified atom stereocenters. The van der Waals surface area contributed by atoms with Crippen LogP contribution >= 0.6 is 0 Å². The smallest absolute Gasteiger partial charge is 0.356 e. The molecule has 98 valence electrons. The highest BCUT2D eigenvalue weighted by molar-refractivity contribution is 5.85. The average molecular weight is 257 g/mol. The summed E-state index contributed by atoms with van der Waals surface area (Å²) in [5, 5.41) is 12.9. The van der Waals surface area contributed by atoms with Gasteiger partial charge in [0.25, 0.3) is 0 Å². The third-order valence-corrected chi connectivity index (χ3v) is 3.39. The van der Waals surface area contributed by atoms with E-state index < -0.39 is 5.97 Å². The predicted molar refractivity (Wildman–Crippen MR) is 72.0 cm³/mol. The Morgan fingerprint density at radius 3 is 2.26 bits per heavy atom. The third kappa shape index (κ3) is 2.31. The van der Waals surface area contributed by atoms with Gasteiger partial charge in [-0.1, -0.05) is 0 Å². The number of carboxylic acids is 1. The lowest BCUT2D eigenvalue weighted by Gasteiger charge is -2.17. The molecule has 0 saturated carbocycles. The summed E-state index contributed by atoms with van der Waals surface area (Å²) in [7, 11) is 0. The number of anilines is 1. The van der Waals surface area contributed by atoms with Crippen molar-refractivity contribution in [2.24, 2.45) is 0 Å². The fourth-order valence-corrected chi connectivity index (χ4v) is 2.37. The molecule has 0 spiro atoms. The summed E-state index contributed by atoms with van der Waals surface area (Å²) >= 11 is 0. The van der Waals surface area contributed by atoms with E-state index in [9.17, 15) is 4.79 Å². The minimum absolute atomic E-state index is 0.0589. The maximum Gasteiger partial charge on any atom is 0.356 e. The SMILES string of the molecule is O=C(O)c1ccn(-c2ccc(N3CCCC3)cc2)n1. The summed E-state index contributed by atoms with van der Waals surface area (Å²) < 4.78 is 1.58. The predicted octanol–water partition coefficient (Wildman–Crippen LogP) is 2.17. The Hall–Kier alpha value is -2.30. The third-order valence-electron chi connectivity index (χ3n) is 3.39. The highest BCUT2D eigenvalue weighted by Gasteiger charge is 2.12. The minimum Gasteiger partial charge on any atom is -0.476 e. The molecule has 19 heavy (non-hydrogen) atoms. The zero-order valence-corrected chi connectivity index (χ0v) is 10.5.